The zero-order chi connectivity index (χ0) is 18.7. The van der Waals surface area contributed by atoms with E-state index >= 15 is 0 Å². The maximum absolute atomic E-state index is 11.7. The molecule has 1 heterocycles. The van der Waals surface area contributed by atoms with E-state index < -0.39 is 0 Å². The zero-order valence-electron chi connectivity index (χ0n) is 16.6. The Kier molecular flexibility index (Phi) is 10.5. The van der Waals surface area contributed by atoms with Crippen molar-refractivity contribution >= 4 is 11.9 Å². The van der Waals surface area contributed by atoms with Crippen molar-refractivity contribution in [2.24, 2.45) is 10.9 Å². The first-order chi connectivity index (χ1) is 11.9. The predicted molar refractivity (Wildman–Crippen MR) is 103 cm³/mol. The average molecular weight is 356 g/mol. The molecule has 1 unspecified atom stereocenters. The molecule has 3 N–H and O–H groups in total. The van der Waals surface area contributed by atoms with Crippen LogP contribution in [0.5, 0.6) is 0 Å². The van der Waals surface area contributed by atoms with Crippen LogP contribution in [-0.2, 0) is 9.53 Å². The molecule has 1 aliphatic heterocycles. The molecule has 146 valence electrons. The Balaban J connectivity index is 2.39. The second-order valence-electron chi connectivity index (χ2n) is 7.26. The quantitative estimate of drug-likeness (QED) is 0.421. The van der Waals surface area contributed by atoms with Gasteiger partial charge in [-0.2, -0.15) is 0 Å². The molecule has 0 aromatic carbocycles. The Bertz CT molecular complexity index is 412. The van der Waals surface area contributed by atoms with Gasteiger partial charge in [-0.15, -0.1) is 0 Å². The number of aliphatic imine (C=N–C) groups is 1. The number of carbonyl (C=O) groups is 1. The molecule has 0 aliphatic carbocycles. The number of guanidine groups is 1. The van der Waals surface area contributed by atoms with Crippen LogP contribution in [0.2, 0.25) is 0 Å². The summed E-state index contributed by atoms with van der Waals surface area (Å²) in [5, 5.41) is 9.32. The molecule has 1 aliphatic rings. The molecule has 1 saturated heterocycles. The van der Waals surface area contributed by atoms with Gasteiger partial charge in [-0.05, 0) is 26.7 Å². The summed E-state index contributed by atoms with van der Waals surface area (Å²) in [7, 11) is 0. The van der Waals surface area contributed by atoms with Gasteiger partial charge in [-0.1, -0.05) is 13.8 Å². The van der Waals surface area contributed by atoms with Gasteiger partial charge in [0.2, 0.25) is 5.91 Å². The van der Waals surface area contributed by atoms with Crippen molar-refractivity contribution in [1.82, 2.24) is 20.9 Å². The van der Waals surface area contributed by atoms with Gasteiger partial charge in [0.25, 0.3) is 0 Å². The van der Waals surface area contributed by atoms with Gasteiger partial charge >= 0.3 is 0 Å². The van der Waals surface area contributed by atoms with Gasteiger partial charge < -0.3 is 20.7 Å². The van der Waals surface area contributed by atoms with E-state index in [1.807, 2.05) is 20.8 Å². The number of nitrogens with one attached hydrogen (secondary N) is 3. The number of morpholine rings is 1. The number of carbonyl (C=O) groups excluding carboxylic acids is 1. The molecular formula is C18H37N5O2. The minimum atomic E-state index is 0.0540. The fourth-order valence-corrected chi connectivity index (χ4v) is 2.80. The highest BCUT2D eigenvalue weighted by Crippen LogP contribution is 2.08. The maximum Gasteiger partial charge on any atom is 0.221 e. The maximum atomic E-state index is 11.7. The minimum Gasteiger partial charge on any atom is -0.374 e. The third-order valence-corrected chi connectivity index (χ3v) is 3.74. The SMILES string of the molecule is CCNC(=NCC1CN(CC(C)C)CCO1)NCCC(=O)NC(C)C. The summed E-state index contributed by atoms with van der Waals surface area (Å²) >= 11 is 0. The van der Waals surface area contributed by atoms with Crippen molar-refractivity contribution in [3.63, 3.8) is 0 Å². The first-order valence-corrected chi connectivity index (χ1v) is 9.56. The van der Waals surface area contributed by atoms with Gasteiger partial charge in [-0.25, -0.2) is 0 Å². The molecule has 1 amide bonds. The van der Waals surface area contributed by atoms with Crippen LogP contribution in [-0.4, -0.2) is 74.8 Å². The van der Waals surface area contributed by atoms with E-state index in [1.165, 1.54) is 0 Å². The highest BCUT2D eigenvalue weighted by atomic mass is 16.5. The van der Waals surface area contributed by atoms with Crippen molar-refractivity contribution < 1.29 is 9.53 Å². The van der Waals surface area contributed by atoms with E-state index in [0.717, 1.165) is 38.7 Å². The predicted octanol–water partition coefficient (Wildman–Crippen LogP) is 0.813. The van der Waals surface area contributed by atoms with Gasteiger partial charge in [0.05, 0.1) is 19.3 Å². The summed E-state index contributed by atoms with van der Waals surface area (Å²) in [5.41, 5.74) is 0. The summed E-state index contributed by atoms with van der Waals surface area (Å²) in [6, 6.07) is 0.173. The summed E-state index contributed by atoms with van der Waals surface area (Å²) in [6.45, 7) is 16.2. The van der Waals surface area contributed by atoms with E-state index in [1.54, 1.807) is 0 Å². The van der Waals surface area contributed by atoms with E-state index in [0.29, 0.717) is 25.4 Å². The van der Waals surface area contributed by atoms with Gasteiger partial charge in [0.15, 0.2) is 5.96 Å². The molecule has 7 nitrogen and oxygen atoms in total. The Hall–Kier alpha value is -1.34. The molecule has 1 atom stereocenters. The summed E-state index contributed by atoms with van der Waals surface area (Å²) in [4.78, 5) is 18.8. The lowest BCUT2D eigenvalue weighted by atomic mass is 10.2. The van der Waals surface area contributed by atoms with Crippen LogP contribution in [0.15, 0.2) is 4.99 Å². The fraction of sp³-hybridized carbons (Fsp3) is 0.889. The van der Waals surface area contributed by atoms with E-state index in [-0.39, 0.29) is 18.1 Å². The van der Waals surface area contributed by atoms with Gasteiger partial charge in [0.1, 0.15) is 0 Å². The molecule has 1 rings (SSSR count). The molecule has 7 heteroatoms. The van der Waals surface area contributed by atoms with Crippen LogP contribution in [0.25, 0.3) is 0 Å². The fourth-order valence-electron chi connectivity index (χ4n) is 2.80. The first kappa shape index (κ1) is 21.7. The van der Waals surface area contributed by atoms with Crippen molar-refractivity contribution in [1.29, 1.82) is 0 Å². The lowest BCUT2D eigenvalue weighted by Gasteiger charge is -2.33. The van der Waals surface area contributed by atoms with Crippen LogP contribution >= 0.6 is 0 Å². The van der Waals surface area contributed by atoms with E-state index in [2.05, 4.69) is 39.7 Å². The Morgan fingerprint density at radius 2 is 2.04 bits per heavy atom. The number of hydrogen-bond donors (Lipinski definition) is 3. The highest BCUT2D eigenvalue weighted by molar-refractivity contribution is 5.81. The second-order valence-corrected chi connectivity index (χ2v) is 7.26. The number of nitrogens with zero attached hydrogens (tertiary/aromatic N) is 2. The summed E-state index contributed by atoms with van der Waals surface area (Å²) in [6.07, 6.45) is 0.567. The third kappa shape index (κ3) is 10.3. The van der Waals surface area contributed by atoms with E-state index in [4.69, 9.17) is 4.74 Å². The summed E-state index contributed by atoms with van der Waals surface area (Å²) < 4.78 is 5.84. The lowest BCUT2D eigenvalue weighted by Crippen LogP contribution is -2.46. The monoisotopic (exact) mass is 355 g/mol. The molecule has 0 radical (unpaired) electrons. The van der Waals surface area contributed by atoms with Gasteiger partial charge in [-0.3, -0.25) is 14.7 Å². The first-order valence-electron chi connectivity index (χ1n) is 9.56. The normalized spacial score (nSPS) is 19.3. The van der Waals surface area contributed by atoms with Crippen LogP contribution in [0.4, 0.5) is 0 Å². The van der Waals surface area contributed by atoms with Crippen molar-refractivity contribution in [3.05, 3.63) is 0 Å². The molecule has 1 fully saturated rings. The Labute approximate surface area is 153 Å². The zero-order valence-corrected chi connectivity index (χ0v) is 16.6. The number of rotatable bonds is 9. The molecule has 0 spiro atoms. The van der Waals surface area contributed by atoms with Crippen molar-refractivity contribution in [2.45, 2.75) is 53.2 Å². The Morgan fingerprint density at radius 3 is 2.68 bits per heavy atom. The lowest BCUT2D eigenvalue weighted by molar-refractivity contribution is -0.121. The van der Waals surface area contributed by atoms with Gasteiger partial charge in [0, 0.05) is 45.2 Å². The van der Waals surface area contributed by atoms with Crippen LogP contribution < -0.4 is 16.0 Å². The molecule has 0 aromatic heterocycles. The number of ether oxygens (including phenoxy) is 1. The van der Waals surface area contributed by atoms with Crippen LogP contribution in [0.3, 0.4) is 0 Å². The number of hydrogen-bond acceptors (Lipinski definition) is 4. The molecule has 0 aromatic rings. The molecular weight excluding hydrogens is 318 g/mol. The second kappa shape index (κ2) is 12.1. The molecule has 25 heavy (non-hydrogen) atoms. The van der Waals surface area contributed by atoms with Crippen LogP contribution in [0.1, 0.15) is 41.0 Å². The average Bonchev–Trinajstić information content (AvgIpc) is 2.51. The van der Waals surface area contributed by atoms with Crippen molar-refractivity contribution in [2.75, 3.05) is 45.9 Å². The smallest absolute Gasteiger partial charge is 0.221 e. The van der Waals surface area contributed by atoms with E-state index in [9.17, 15) is 4.79 Å². The topological polar surface area (TPSA) is 78.0 Å². The summed E-state index contributed by atoms with van der Waals surface area (Å²) in [5.74, 6) is 1.46. The third-order valence-electron chi connectivity index (χ3n) is 3.74. The van der Waals surface area contributed by atoms with Crippen molar-refractivity contribution in [3.8, 4) is 0 Å². The molecule has 0 saturated carbocycles. The Morgan fingerprint density at radius 1 is 1.28 bits per heavy atom. The molecule has 0 bridgehead atoms. The minimum absolute atomic E-state index is 0.0540. The standard InChI is InChI=1S/C18H37N5O2/c1-6-19-18(20-8-7-17(24)22-15(4)5)21-11-16-13-23(9-10-25-16)12-14(2)3/h14-16H,6-13H2,1-5H3,(H,22,24)(H2,19,20,21). The van der Waals surface area contributed by atoms with Crippen LogP contribution in [0, 0.1) is 5.92 Å². The number of amides is 1. The highest BCUT2D eigenvalue weighted by Gasteiger charge is 2.20. The largest absolute Gasteiger partial charge is 0.374 e.